The summed E-state index contributed by atoms with van der Waals surface area (Å²) in [6, 6.07) is 8.46. The molecule has 0 aliphatic heterocycles. The fourth-order valence-corrected chi connectivity index (χ4v) is 2.73. The fourth-order valence-electron chi connectivity index (χ4n) is 1.84. The van der Waals surface area contributed by atoms with E-state index in [1.165, 1.54) is 5.56 Å². The monoisotopic (exact) mass is 308 g/mol. The van der Waals surface area contributed by atoms with E-state index in [2.05, 4.69) is 55.7 Å². The zero-order valence-corrected chi connectivity index (χ0v) is 14.4. The molecular weight excluding hydrogens is 280 g/mol. The summed E-state index contributed by atoms with van der Waals surface area (Å²) in [6.07, 6.45) is 0.973. The Balaban J connectivity index is 2.41. The van der Waals surface area contributed by atoms with Crippen molar-refractivity contribution in [3.63, 3.8) is 0 Å². The van der Waals surface area contributed by atoms with Crippen LogP contribution in [-0.4, -0.2) is 24.2 Å². The SMILES string of the molecule is CCCNC(=O)C(C)Sc1ccc(CNCC(C)C)cc1. The molecule has 1 rings (SSSR count). The molecule has 0 spiro atoms. The van der Waals surface area contributed by atoms with Gasteiger partial charge in [0.05, 0.1) is 5.25 Å². The maximum Gasteiger partial charge on any atom is 0.233 e. The van der Waals surface area contributed by atoms with Crippen LogP contribution in [0.25, 0.3) is 0 Å². The van der Waals surface area contributed by atoms with Gasteiger partial charge in [0.2, 0.25) is 5.91 Å². The van der Waals surface area contributed by atoms with E-state index >= 15 is 0 Å². The van der Waals surface area contributed by atoms with E-state index in [4.69, 9.17) is 0 Å². The van der Waals surface area contributed by atoms with Crippen molar-refractivity contribution in [2.24, 2.45) is 5.92 Å². The molecule has 0 radical (unpaired) electrons. The van der Waals surface area contributed by atoms with Crippen LogP contribution < -0.4 is 10.6 Å². The highest BCUT2D eigenvalue weighted by Crippen LogP contribution is 2.23. The van der Waals surface area contributed by atoms with Crippen LogP contribution in [0.2, 0.25) is 0 Å². The van der Waals surface area contributed by atoms with Gasteiger partial charge in [0.25, 0.3) is 0 Å². The van der Waals surface area contributed by atoms with Gasteiger partial charge in [-0.25, -0.2) is 0 Å². The van der Waals surface area contributed by atoms with Crippen molar-refractivity contribution in [1.29, 1.82) is 0 Å². The molecule has 0 saturated carbocycles. The van der Waals surface area contributed by atoms with Gasteiger partial charge in [-0.1, -0.05) is 32.9 Å². The second-order valence-corrected chi connectivity index (χ2v) is 7.13. The fraction of sp³-hybridized carbons (Fsp3) is 0.588. The summed E-state index contributed by atoms with van der Waals surface area (Å²) in [6.45, 7) is 11.1. The molecule has 21 heavy (non-hydrogen) atoms. The molecule has 118 valence electrons. The van der Waals surface area contributed by atoms with E-state index in [1.807, 2.05) is 6.92 Å². The highest BCUT2D eigenvalue weighted by atomic mass is 32.2. The first-order chi connectivity index (χ1) is 10.0. The summed E-state index contributed by atoms with van der Waals surface area (Å²) >= 11 is 1.61. The van der Waals surface area contributed by atoms with Crippen LogP contribution in [0.5, 0.6) is 0 Å². The summed E-state index contributed by atoms with van der Waals surface area (Å²) < 4.78 is 0. The van der Waals surface area contributed by atoms with Crippen molar-refractivity contribution in [3.05, 3.63) is 29.8 Å². The van der Waals surface area contributed by atoms with Crippen molar-refractivity contribution >= 4 is 17.7 Å². The smallest absolute Gasteiger partial charge is 0.233 e. The van der Waals surface area contributed by atoms with E-state index < -0.39 is 0 Å². The Morgan fingerprint density at radius 1 is 1.19 bits per heavy atom. The van der Waals surface area contributed by atoms with Crippen molar-refractivity contribution in [1.82, 2.24) is 10.6 Å². The van der Waals surface area contributed by atoms with Crippen LogP contribution in [-0.2, 0) is 11.3 Å². The standard InChI is InChI=1S/C17H28N2OS/c1-5-10-19-17(20)14(4)21-16-8-6-15(7-9-16)12-18-11-13(2)3/h6-9,13-14,18H,5,10-12H2,1-4H3,(H,19,20). The molecule has 0 heterocycles. The quantitative estimate of drug-likeness (QED) is 0.687. The molecule has 0 aromatic heterocycles. The van der Waals surface area contributed by atoms with E-state index in [1.54, 1.807) is 11.8 Å². The molecule has 0 bridgehead atoms. The third-order valence-electron chi connectivity index (χ3n) is 3.04. The number of carbonyl (C=O) groups excluding carboxylic acids is 1. The number of hydrogen-bond donors (Lipinski definition) is 2. The lowest BCUT2D eigenvalue weighted by molar-refractivity contribution is -0.120. The first-order valence-electron chi connectivity index (χ1n) is 7.77. The van der Waals surface area contributed by atoms with Crippen LogP contribution in [0.15, 0.2) is 29.2 Å². The summed E-state index contributed by atoms with van der Waals surface area (Å²) in [4.78, 5) is 13.0. The molecule has 4 heteroatoms. The molecule has 0 fully saturated rings. The molecule has 1 amide bonds. The van der Waals surface area contributed by atoms with Gasteiger partial charge in [-0.2, -0.15) is 0 Å². The maximum absolute atomic E-state index is 11.8. The summed E-state index contributed by atoms with van der Waals surface area (Å²) in [7, 11) is 0. The predicted molar refractivity (Wildman–Crippen MR) is 91.6 cm³/mol. The Kier molecular flexibility index (Phi) is 8.47. The van der Waals surface area contributed by atoms with Crippen molar-refractivity contribution in [3.8, 4) is 0 Å². The summed E-state index contributed by atoms with van der Waals surface area (Å²) in [5.74, 6) is 0.784. The topological polar surface area (TPSA) is 41.1 Å². The van der Waals surface area contributed by atoms with E-state index in [0.717, 1.165) is 31.0 Å². The minimum atomic E-state index is -0.0542. The van der Waals surface area contributed by atoms with E-state index in [0.29, 0.717) is 5.92 Å². The van der Waals surface area contributed by atoms with Crippen LogP contribution >= 0.6 is 11.8 Å². The minimum absolute atomic E-state index is 0.0542. The number of rotatable bonds is 9. The molecule has 0 aliphatic carbocycles. The van der Waals surface area contributed by atoms with E-state index in [9.17, 15) is 4.79 Å². The highest BCUT2D eigenvalue weighted by Gasteiger charge is 2.13. The van der Waals surface area contributed by atoms with Gasteiger partial charge in [-0.05, 0) is 43.5 Å². The largest absolute Gasteiger partial charge is 0.355 e. The molecule has 3 nitrogen and oxygen atoms in total. The lowest BCUT2D eigenvalue weighted by Crippen LogP contribution is -2.31. The Morgan fingerprint density at radius 3 is 2.43 bits per heavy atom. The number of thioether (sulfide) groups is 1. The van der Waals surface area contributed by atoms with Gasteiger partial charge >= 0.3 is 0 Å². The minimum Gasteiger partial charge on any atom is -0.355 e. The summed E-state index contributed by atoms with van der Waals surface area (Å²) in [5.41, 5.74) is 1.28. The van der Waals surface area contributed by atoms with Crippen LogP contribution in [0.4, 0.5) is 0 Å². The molecule has 1 unspecified atom stereocenters. The van der Waals surface area contributed by atoms with Crippen molar-refractivity contribution in [2.75, 3.05) is 13.1 Å². The van der Waals surface area contributed by atoms with Gasteiger partial charge in [0, 0.05) is 18.0 Å². The first kappa shape index (κ1) is 18.1. The number of nitrogens with one attached hydrogen (secondary N) is 2. The van der Waals surface area contributed by atoms with Crippen LogP contribution in [0.3, 0.4) is 0 Å². The Morgan fingerprint density at radius 2 is 1.86 bits per heavy atom. The molecule has 1 aromatic carbocycles. The molecular formula is C17H28N2OS. The number of benzene rings is 1. The normalized spacial score (nSPS) is 12.4. The van der Waals surface area contributed by atoms with Gasteiger partial charge in [-0.3, -0.25) is 4.79 Å². The molecule has 0 saturated heterocycles. The second kappa shape index (κ2) is 9.85. The number of hydrogen-bond acceptors (Lipinski definition) is 3. The lowest BCUT2D eigenvalue weighted by atomic mass is 10.2. The zero-order valence-electron chi connectivity index (χ0n) is 13.6. The Hall–Kier alpha value is -1.00. The molecule has 1 aromatic rings. The summed E-state index contributed by atoms with van der Waals surface area (Å²) in [5, 5.41) is 6.31. The highest BCUT2D eigenvalue weighted by molar-refractivity contribution is 8.00. The van der Waals surface area contributed by atoms with Gasteiger partial charge in [-0.15, -0.1) is 11.8 Å². The molecule has 2 N–H and O–H groups in total. The molecule has 1 atom stereocenters. The lowest BCUT2D eigenvalue weighted by Gasteiger charge is -2.12. The van der Waals surface area contributed by atoms with Gasteiger partial charge in [0.15, 0.2) is 0 Å². The Labute approximate surface area is 133 Å². The maximum atomic E-state index is 11.8. The van der Waals surface area contributed by atoms with Crippen molar-refractivity contribution in [2.45, 2.75) is 50.8 Å². The van der Waals surface area contributed by atoms with E-state index in [-0.39, 0.29) is 11.2 Å². The molecule has 0 aliphatic rings. The zero-order chi connectivity index (χ0) is 15.7. The van der Waals surface area contributed by atoms with Gasteiger partial charge < -0.3 is 10.6 Å². The number of amides is 1. The van der Waals surface area contributed by atoms with Crippen molar-refractivity contribution < 1.29 is 4.79 Å². The van der Waals surface area contributed by atoms with Crippen LogP contribution in [0.1, 0.15) is 39.7 Å². The van der Waals surface area contributed by atoms with Gasteiger partial charge in [0.1, 0.15) is 0 Å². The van der Waals surface area contributed by atoms with Crippen LogP contribution in [0, 0.1) is 5.92 Å². The average Bonchev–Trinajstić information content (AvgIpc) is 2.46. The Bertz CT molecular complexity index is 417. The average molecular weight is 308 g/mol. The second-order valence-electron chi connectivity index (χ2n) is 5.72. The first-order valence-corrected chi connectivity index (χ1v) is 8.65. The third-order valence-corrected chi connectivity index (χ3v) is 4.15. The predicted octanol–water partition coefficient (Wildman–Crippen LogP) is 3.44. The number of carbonyl (C=O) groups is 1. The third kappa shape index (κ3) is 7.53.